The number of ketones is 1. The fraction of sp³-hybridized carbons (Fsp3) is 0.303. The first-order valence-electron chi connectivity index (χ1n) is 14.2. The van der Waals surface area contributed by atoms with Gasteiger partial charge in [0, 0.05) is 18.3 Å². The number of carbonyl (C=O) groups is 2. The zero-order valence-corrected chi connectivity index (χ0v) is 23.7. The minimum Gasteiger partial charge on any atom is -0.480 e. The molecular formula is C33H34N3O5+. The number of aromatic nitrogens is 1. The molecule has 2 unspecified atom stereocenters. The van der Waals surface area contributed by atoms with Gasteiger partial charge in [0.25, 0.3) is 5.52 Å². The minimum absolute atomic E-state index is 0.286. The number of oxazole rings is 1. The molecule has 1 saturated carbocycles. The number of aliphatic carboxylic acids is 1. The molecule has 0 saturated heterocycles. The molecule has 1 aliphatic carbocycles. The highest BCUT2D eigenvalue weighted by atomic mass is 16.5. The first-order chi connectivity index (χ1) is 19.8. The molecule has 4 aromatic rings. The second-order valence-corrected chi connectivity index (χ2v) is 10.6. The Morgan fingerprint density at radius 2 is 1.95 bits per heavy atom. The number of anilines is 2. The van der Waals surface area contributed by atoms with Crippen molar-refractivity contribution in [3.63, 3.8) is 0 Å². The third-order valence-electron chi connectivity index (χ3n) is 8.31. The van der Waals surface area contributed by atoms with E-state index in [1.807, 2.05) is 36.4 Å². The predicted octanol–water partition coefficient (Wildman–Crippen LogP) is 6.29. The van der Waals surface area contributed by atoms with E-state index >= 15 is 0 Å². The van der Waals surface area contributed by atoms with Gasteiger partial charge in [0.15, 0.2) is 5.75 Å². The van der Waals surface area contributed by atoms with E-state index in [1.165, 1.54) is 12.3 Å². The zero-order chi connectivity index (χ0) is 28.9. The normalized spacial score (nSPS) is 20.9. The van der Waals surface area contributed by atoms with Gasteiger partial charge in [-0.25, -0.2) is 0 Å². The molecule has 2 atom stereocenters. The maximum Gasteiger partial charge on any atom is 0.374 e. The quantitative estimate of drug-likeness (QED) is 0.186. The number of carbonyl (C=O) groups excluding carboxylic acids is 1. The van der Waals surface area contributed by atoms with E-state index in [0.29, 0.717) is 12.4 Å². The number of nitrogens with one attached hydrogen (secondary N) is 1. The fourth-order valence-corrected chi connectivity index (χ4v) is 5.90. The molecule has 0 amide bonds. The fourth-order valence-electron chi connectivity index (χ4n) is 5.90. The van der Waals surface area contributed by atoms with Crippen LogP contribution in [0.4, 0.5) is 11.4 Å². The molecule has 1 aliphatic heterocycles. The maximum atomic E-state index is 12.0. The van der Waals surface area contributed by atoms with Gasteiger partial charge < -0.3 is 24.5 Å². The molecule has 2 heterocycles. The van der Waals surface area contributed by atoms with E-state index in [1.54, 1.807) is 0 Å². The van der Waals surface area contributed by atoms with Crippen molar-refractivity contribution in [3.8, 4) is 5.75 Å². The monoisotopic (exact) mass is 552 g/mol. The van der Waals surface area contributed by atoms with Crippen molar-refractivity contribution in [2.75, 3.05) is 16.8 Å². The van der Waals surface area contributed by atoms with E-state index < -0.39 is 17.4 Å². The Morgan fingerprint density at radius 1 is 1.15 bits per heavy atom. The molecule has 41 heavy (non-hydrogen) atoms. The third kappa shape index (κ3) is 4.34. The first-order valence-corrected chi connectivity index (χ1v) is 14.2. The molecule has 1 aromatic heterocycles. The maximum absolute atomic E-state index is 12.0. The third-order valence-corrected chi connectivity index (χ3v) is 8.31. The predicted molar refractivity (Wildman–Crippen MR) is 159 cm³/mol. The molecule has 210 valence electrons. The van der Waals surface area contributed by atoms with Crippen LogP contribution in [0.25, 0.3) is 27.9 Å². The van der Waals surface area contributed by atoms with Gasteiger partial charge in [-0.3, -0.25) is 9.59 Å². The van der Waals surface area contributed by atoms with Crippen molar-refractivity contribution in [1.82, 2.24) is 0 Å². The van der Waals surface area contributed by atoms with Gasteiger partial charge in [-0.05, 0) is 74.9 Å². The summed E-state index contributed by atoms with van der Waals surface area (Å²) in [6.45, 7) is 9.09. The van der Waals surface area contributed by atoms with E-state index in [4.69, 9.17) is 9.15 Å². The van der Waals surface area contributed by atoms with Crippen LogP contribution in [0.3, 0.4) is 0 Å². The lowest BCUT2D eigenvalue weighted by molar-refractivity contribution is -0.673. The number of allylic oxidation sites excluding steroid dienone is 2. The Morgan fingerprint density at radius 3 is 2.63 bits per heavy atom. The summed E-state index contributed by atoms with van der Waals surface area (Å²) in [6.07, 6.45) is 5.19. The van der Waals surface area contributed by atoms with Crippen LogP contribution in [0.5, 0.6) is 5.75 Å². The Kier molecular flexibility index (Phi) is 6.56. The van der Waals surface area contributed by atoms with Crippen LogP contribution in [0.15, 0.2) is 76.5 Å². The molecular weight excluding hydrogens is 518 g/mol. The van der Waals surface area contributed by atoms with Crippen LogP contribution in [0.2, 0.25) is 0 Å². The molecule has 6 rings (SSSR count). The lowest BCUT2D eigenvalue weighted by Gasteiger charge is -2.17. The summed E-state index contributed by atoms with van der Waals surface area (Å²) in [4.78, 5) is 25.9. The Bertz CT molecular complexity index is 1750. The summed E-state index contributed by atoms with van der Waals surface area (Å²) < 4.78 is 14.8. The smallest absolute Gasteiger partial charge is 0.374 e. The topological polar surface area (TPSA) is 95.9 Å². The van der Waals surface area contributed by atoms with Crippen LogP contribution < -0.4 is 19.5 Å². The number of benzene rings is 3. The Labute approximate surface area is 238 Å². The average molecular weight is 553 g/mol. The van der Waals surface area contributed by atoms with Gasteiger partial charge >= 0.3 is 11.9 Å². The van der Waals surface area contributed by atoms with Crippen molar-refractivity contribution >= 4 is 51.1 Å². The van der Waals surface area contributed by atoms with Crippen molar-refractivity contribution in [3.05, 3.63) is 78.0 Å². The number of nitrogens with zero attached hydrogens (tertiary/aromatic N) is 2. The van der Waals surface area contributed by atoms with Gasteiger partial charge in [-0.15, -0.1) is 0 Å². The van der Waals surface area contributed by atoms with Crippen LogP contribution in [-0.2, 0) is 16.1 Å². The summed E-state index contributed by atoms with van der Waals surface area (Å²) in [7, 11) is 0. The number of carboxylic acids is 1. The second kappa shape index (κ2) is 10.1. The van der Waals surface area contributed by atoms with Crippen LogP contribution in [0, 0.1) is 5.41 Å². The number of hydrogen-bond acceptors (Lipinski definition) is 6. The number of rotatable bonds is 9. The lowest BCUT2D eigenvalue weighted by Crippen LogP contribution is -2.34. The van der Waals surface area contributed by atoms with E-state index in [9.17, 15) is 14.7 Å². The summed E-state index contributed by atoms with van der Waals surface area (Å²) in [5.41, 5.74) is 3.30. The summed E-state index contributed by atoms with van der Waals surface area (Å²) >= 11 is 0. The van der Waals surface area contributed by atoms with E-state index in [0.717, 1.165) is 58.0 Å². The molecule has 2 aliphatic rings. The van der Waals surface area contributed by atoms with Gasteiger partial charge in [-0.1, -0.05) is 31.2 Å². The summed E-state index contributed by atoms with van der Waals surface area (Å²) in [6, 6.07) is 17.7. The van der Waals surface area contributed by atoms with Crippen molar-refractivity contribution in [2.24, 2.45) is 5.41 Å². The highest BCUT2D eigenvalue weighted by Crippen LogP contribution is 2.50. The van der Waals surface area contributed by atoms with Gasteiger partial charge in [0.1, 0.15) is 17.7 Å². The zero-order valence-electron chi connectivity index (χ0n) is 23.7. The number of ether oxygens (including phenoxy) is 1. The van der Waals surface area contributed by atoms with Crippen LogP contribution in [-0.4, -0.2) is 29.4 Å². The molecule has 8 heteroatoms. The first kappa shape index (κ1) is 26.6. The van der Waals surface area contributed by atoms with E-state index in [2.05, 4.69) is 65.9 Å². The van der Waals surface area contributed by atoms with Crippen molar-refractivity contribution in [1.29, 1.82) is 0 Å². The highest BCUT2D eigenvalue weighted by molar-refractivity contribution is 6.07. The molecule has 2 N–H and O–H groups in total. The lowest BCUT2D eigenvalue weighted by atomic mass is 10.0. The van der Waals surface area contributed by atoms with Gasteiger partial charge in [-0.2, -0.15) is 4.57 Å². The summed E-state index contributed by atoms with van der Waals surface area (Å²) in [5, 5.41) is 15.2. The molecule has 0 radical (unpaired) electrons. The second-order valence-electron chi connectivity index (χ2n) is 10.6. The largest absolute Gasteiger partial charge is 0.480 e. The SMILES string of the molecule is CCC(=Cc1oc2ccc3ccccc3c2[n+]1CC)C=C1Oc2ccc(NC3CC3(C(C)=O)C(=O)O)cc2N1CC. The molecule has 1 fully saturated rings. The van der Waals surface area contributed by atoms with Crippen molar-refractivity contribution in [2.45, 2.75) is 53.1 Å². The number of aryl methyl sites for hydroxylation is 1. The van der Waals surface area contributed by atoms with Crippen LogP contribution in [0.1, 0.15) is 46.4 Å². The van der Waals surface area contributed by atoms with Crippen molar-refractivity contribution < 1.29 is 28.4 Å². The molecule has 0 bridgehead atoms. The Hall–Kier alpha value is -4.59. The highest BCUT2D eigenvalue weighted by Gasteiger charge is 2.64. The number of hydrogen-bond donors (Lipinski definition) is 2. The minimum atomic E-state index is -1.34. The molecule has 0 spiro atoms. The van der Waals surface area contributed by atoms with Gasteiger partial charge in [0.2, 0.25) is 11.5 Å². The van der Waals surface area contributed by atoms with Crippen LogP contribution >= 0.6 is 0 Å². The average Bonchev–Trinajstić information content (AvgIpc) is 3.44. The standard InChI is InChI=1S/C33H33N3O5/c1-5-21(17-30-36(7-3)31-24-11-9-8-10-22(24)12-14-27(31)41-30)16-29-35(6-2)25-18-23(13-15-26(25)40-29)34-28-19-33(28,20(4)37)32(38)39/h8-18,28,34H,5-7,19H2,1-4H3/p+1. The number of fused-ring (bicyclic) bond motifs is 4. The van der Waals surface area contributed by atoms with E-state index in [-0.39, 0.29) is 12.2 Å². The summed E-state index contributed by atoms with van der Waals surface area (Å²) in [5.74, 6) is 0.827. The van der Waals surface area contributed by atoms with Gasteiger partial charge in [0.05, 0.1) is 23.2 Å². The number of carboxylic acid groups (broad SMARTS) is 1. The molecule has 3 aromatic carbocycles. The molecule has 8 nitrogen and oxygen atoms in total. The Balaban J connectivity index is 1.31. The number of Topliss-reactive ketones (excluding diaryl/α,β-unsaturated/α-hetero) is 1.